The summed E-state index contributed by atoms with van der Waals surface area (Å²) in [5, 5.41) is 4.98. The highest BCUT2D eigenvalue weighted by Crippen LogP contribution is 2.33. The Labute approximate surface area is 160 Å². The van der Waals surface area contributed by atoms with Crippen LogP contribution >= 0.6 is 11.8 Å². The van der Waals surface area contributed by atoms with Crippen LogP contribution in [0, 0.1) is 11.6 Å². The number of halogens is 2. The van der Waals surface area contributed by atoms with Gasteiger partial charge in [-0.25, -0.2) is 8.78 Å². The molecule has 0 saturated heterocycles. The molecule has 3 rings (SSSR count). The van der Waals surface area contributed by atoms with Gasteiger partial charge < -0.3 is 15.5 Å². The van der Waals surface area contributed by atoms with Crippen LogP contribution in [-0.2, 0) is 9.59 Å². The SMILES string of the molecule is O=C(CN1CCCSc2ccccc21)NCC(=O)Nc1ccc(F)c(F)c1. The van der Waals surface area contributed by atoms with Crippen LogP contribution in [0.3, 0.4) is 0 Å². The number of para-hydroxylation sites is 1. The standard InChI is InChI=1S/C19H19F2N3O2S/c20-14-7-6-13(10-15(14)21)23-18(25)11-22-19(26)12-24-8-3-9-27-17-5-2-1-4-16(17)24/h1-2,4-7,10H,3,8-9,11-12H2,(H,22,26)(H,23,25). The number of fused-ring (bicyclic) bond motifs is 1. The zero-order chi connectivity index (χ0) is 19.2. The van der Waals surface area contributed by atoms with Crippen molar-refractivity contribution in [3.63, 3.8) is 0 Å². The number of anilines is 2. The molecule has 27 heavy (non-hydrogen) atoms. The minimum absolute atomic E-state index is 0.131. The molecule has 0 radical (unpaired) electrons. The summed E-state index contributed by atoms with van der Waals surface area (Å²) in [4.78, 5) is 27.3. The Morgan fingerprint density at radius 3 is 2.70 bits per heavy atom. The first-order valence-corrected chi connectivity index (χ1v) is 9.50. The minimum Gasteiger partial charge on any atom is -0.361 e. The van der Waals surface area contributed by atoms with Gasteiger partial charge in [-0.05, 0) is 36.4 Å². The van der Waals surface area contributed by atoms with Gasteiger partial charge in [0.2, 0.25) is 11.8 Å². The molecule has 2 aromatic carbocycles. The zero-order valence-electron chi connectivity index (χ0n) is 14.5. The Bertz CT molecular complexity index is 847. The Morgan fingerprint density at radius 2 is 1.89 bits per heavy atom. The minimum atomic E-state index is -1.05. The number of nitrogens with zero attached hydrogens (tertiary/aromatic N) is 1. The van der Waals surface area contributed by atoms with E-state index in [-0.39, 0.29) is 24.7 Å². The van der Waals surface area contributed by atoms with E-state index in [1.807, 2.05) is 29.2 Å². The second kappa shape index (κ2) is 8.85. The lowest BCUT2D eigenvalue weighted by Crippen LogP contribution is -2.41. The molecule has 0 atom stereocenters. The maximum Gasteiger partial charge on any atom is 0.243 e. The summed E-state index contributed by atoms with van der Waals surface area (Å²) in [5.41, 5.74) is 1.15. The van der Waals surface area contributed by atoms with Crippen molar-refractivity contribution in [2.24, 2.45) is 0 Å². The Balaban J connectivity index is 1.52. The third kappa shape index (κ3) is 5.19. The van der Waals surface area contributed by atoms with Gasteiger partial charge in [0.1, 0.15) is 0 Å². The number of carbonyl (C=O) groups is 2. The summed E-state index contributed by atoms with van der Waals surface area (Å²) in [6, 6.07) is 11.0. The summed E-state index contributed by atoms with van der Waals surface area (Å²) >= 11 is 1.77. The zero-order valence-corrected chi connectivity index (χ0v) is 15.3. The average Bonchev–Trinajstić information content (AvgIpc) is 2.86. The number of rotatable bonds is 5. The molecule has 0 fully saturated rings. The van der Waals surface area contributed by atoms with Crippen molar-refractivity contribution in [1.29, 1.82) is 0 Å². The van der Waals surface area contributed by atoms with Gasteiger partial charge in [0.15, 0.2) is 11.6 Å². The molecule has 8 heteroatoms. The molecule has 2 aromatic rings. The molecule has 0 aliphatic carbocycles. The second-order valence-electron chi connectivity index (χ2n) is 6.05. The second-order valence-corrected chi connectivity index (χ2v) is 7.18. The van der Waals surface area contributed by atoms with Crippen molar-refractivity contribution in [3.05, 3.63) is 54.1 Å². The van der Waals surface area contributed by atoms with E-state index in [9.17, 15) is 18.4 Å². The van der Waals surface area contributed by atoms with E-state index in [1.165, 1.54) is 6.07 Å². The maximum atomic E-state index is 13.2. The van der Waals surface area contributed by atoms with Crippen LogP contribution in [-0.4, -0.2) is 37.2 Å². The largest absolute Gasteiger partial charge is 0.361 e. The molecule has 2 amide bonds. The molecule has 1 aliphatic rings. The molecule has 0 spiro atoms. The van der Waals surface area contributed by atoms with Crippen molar-refractivity contribution in [2.45, 2.75) is 11.3 Å². The molecule has 0 unspecified atom stereocenters. The highest BCUT2D eigenvalue weighted by molar-refractivity contribution is 7.99. The van der Waals surface area contributed by atoms with Gasteiger partial charge in [-0.1, -0.05) is 12.1 Å². The van der Waals surface area contributed by atoms with Crippen LogP contribution < -0.4 is 15.5 Å². The van der Waals surface area contributed by atoms with Crippen LogP contribution in [0.25, 0.3) is 0 Å². The predicted octanol–water partition coefficient (Wildman–Crippen LogP) is 3.02. The predicted molar refractivity (Wildman–Crippen MR) is 102 cm³/mol. The third-order valence-corrected chi connectivity index (χ3v) is 5.17. The van der Waals surface area contributed by atoms with Gasteiger partial charge in [0.05, 0.1) is 18.8 Å². The van der Waals surface area contributed by atoms with Gasteiger partial charge in [0.25, 0.3) is 0 Å². The van der Waals surface area contributed by atoms with Crippen molar-refractivity contribution in [2.75, 3.05) is 35.6 Å². The molecule has 0 saturated carbocycles. The quantitative estimate of drug-likeness (QED) is 0.823. The normalized spacial score (nSPS) is 13.5. The van der Waals surface area contributed by atoms with Gasteiger partial charge in [-0.3, -0.25) is 9.59 Å². The third-order valence-electron chi connectivity index (χ3n) is 4.02. The van der Waals surface area contributed by atoms with Crippen molar-refractivity contribution >= 4 is 35.0 Å². The molecule has 1 heterocycles. The lowest BCUT2D eigenvalue weighted by Gasteiger charge is -2.23. The van der Waals surface area contributed by atoms with Crippen molar-refractivity contribution < 1.29 is 18.4 Å². The molecule has 0 bridgehead atoms. The molecule has 0 aromatic heterocycles. The van der Waals surface area contributed by atoms with Gasteiger partial charge in [0, 0.05) is 23.2 Å². The molecular weight excluding hydrogens is 372 g/mol. The Kier molecular flexibility index (Phi) is 6.28. The Hall–Kier alpha value is -2.61. The fourth-order valence-electron chi connectivity index (χ4n) is 2.75. The summed E-state index contributed by atoms with van der Waals surface area (Å²) in [5.74, 6) is -1.84. The number of thioether (sulfide) groups is 1. The molecular formula is C19H19F2N3O2S. The van der Waals surface area contributed by atoms with E-state index >= 15 is 0 Å². The summed E-state index contributed by atoms with van der Waals surface area (Å²) in [6.45, 7) is 0.663. The van der Waals surface area contributed by atoms with E-state index in [4.69, 9.17) is 0 Å². The highest BCUT2D eigenvalue weighted by atomic mass is 32.2. The molecule has 142 valence electrons. The molecule has 5 nitrogen and oxygen atoms in total. The molecule has 2 N–H and O–H groups in total. The van der Waals surface area contributed by atoms with E-state index in [0.717, 1.165) is 41.4 Å². The van der Waals surface area contributed by atoms with Crippen molar-refractivity contribution in [1.82, 2.24) is 5.32 Å². The first kappa shape index (κ1) is 19.2. The van der Waals surface area contributed by atoms with Crippen LogP contribution in [0.15, 0.2) is 47.4 Å². The number of benzene rings is 2. The summed E-state index contributed by atoms with van der Waals surface area (Å²) < 4.78 is 26.1. The number of nitrogens with one attached hydrogen (secondary N) is 2. The van der Waals surface area contributed by atoms with E-state index in [1.54, 1.807) is 11.8 Å². The number of carbonyl (C=O) groups excluding carboxylic acids is 2. The first-order valence-electron chi connectivity index (χ1n) is 8.51. The lowest BCUT2D eigenvalue weighted by atomic mass is 10.2. The van der Waals surface area contributed by atoms with E-state index in [2.05, 4.69) is 10.6 Å². The highest BCUT2D eigenvalue weighted by Gasteiger charge is 2.18. The smallest absolute Gasteiger partial charge is 0.243 e. The van der Waals surface area contributed by atoms with Crippen LogP contribution in [0.5, 0.6) is 0 Å². The van der Waals surface area contributed by atoms with Crippen LogP contribution in [0.1, 0.15) is 6.42 Å². The number of hydrogen-bond donors (Lipinski definition) is 2. The van der Waals surface area contributed by atoms with Gasteiger partial charge >= 0.3 is 0 Å². The Morgan fingerprint density at radius 1 is 1.07 bits per heavy atom. The van der Waals surface area contributed by atoms with Gasteiger partial charge in [-0.2, -0.15) is 0 Å². The van der Waals surface area contributed by atoms with Crippen molar-refractivity contribution in [3.8, 4) is 0 Å². The molecule has 1 aliphatic heterocycles. The maximum absolute atomic E-state index is 13.2. The number of hydrogen-bond acceptors (Lipinski definition) is 4. The van der Waals surface area contributed by atoms with E-state index < -0.39 is 17.5 Å². The topological polar surface area (TPSA) is 61.4 Å². The fraction of sp³-hybridized carbons (Fsp3) is 0.263. The first-order chi connectivity index (χ1) is 13.0. The fourth-order valence-corrected chi connectivity index (χ4v) is 3.76. The average molecular weight is 391 g/mol. The van der Waals surface area contributed by atoms with Gasteiger partial charge in [-0.15, -0.1) is 11.8 Å². The summed E-state index contributed by atoms with van der Waals surface area (Å²) in [6.07, 6.45) is 0.962. The van der Waals surface area contributed by atoms with Crippen LogP contribution in [0.4, 0.5) is 20.2 Å². The summed E-state index contributed by atoms with van der Waals surface area (Å²) in [7, 11) is 0. The number of amides is 2. The van der Waals surface area contributed by atoms with E-state index in [0.29, 0.717) is 0 Å². The van der Waals surface area contributed by atoms with Crippen LogP contribution in [0.2, 0.25) is 0 Å². The lowest BCUT2D eigenvalue weighted by molar-refractivity contribution is -0.123. The monoisotopic (exact) mass is 391 g/mol.